The fraction of sp³-hybridized carbons (Fsp3) is 0.111. The van der Waals surface area contributed by atoms with Gasteiger partial charge in [0.25, 0.3) is 0 Å². The van der Waals surface area contributed by atoms with Crippen molar-refractivity contribution >= 4 is 34.7 Å². The second-order valence-corrected chi connectivity index (χ2v) is 4.43. The summed E-state index contributed by atoms with van der Waals surface area (Å²) in [6.45, 7) is 1.87. The highest BCUT2D eigenvalue weighted by molar-refractivity contribution is 7.15. The van der Waals surface area contributed by atoms with Crippen molar-refractivity contribution in [3.8, 4) is 0 Å². The summed E-state index contributed by atoms with van der Waals surface area (Å²) in [5.41, 5.74) is 1.19. The van der Waals surface area contributed by atoms with Gasteiger partial charge < -0.3 is 15.4 Å². The number of aromatic nitrogens is 2. The first kappa shape index (κ1) is 11.1. The van der Waals surface area contributed by atoms with E-state index in [0.717, 1.165) is 10.7 Å². The number of nitrogens with zero attached hydrogens (tertiary/aromatic N) is 2. The predicted octanol–water partition coefficient (Wildman–Crippen LogP) is 0.270. The smallest absolute Gasteiger partial charge is 0.423 e. The van der Waals surface area contributed by atoms with Gasteiger partial charge in [-0.15, -0.1) is 10.2 Å². The molecule has 0 unspecified atom stereocenters. The zero-order valence-electron chi connectivity index (χ0n) is 8.58. The van der Waals surface area contributed by atoms with Crippen LogP contribution in [0.3, 0.4) is 0 Å². The lowest BCUT2D eigenvalue weighted by molar-refractivity contribution is 0.426. The molecule has 0 bridgehead atoms. The highest BCUT2D eigenvalue weighted by Gasteiger charge is 2.11. The molecule has 82 valence electrons. The Kier molecular flexibility index (Phi) is 3.18. The lowest BCUT2D eigenvalue weighted by Gasteiger charge is -2.04. The van der Waals surface area contributed by atoms with Crippen LogP contribution in [0.15, 0.2) is 24.3 Å². The molecular weight excluding hydrogens is 225 g/mol. The second-order valence-electron chi connectivity index (χ2n) is 3.25. The molecular formula is C9H10BN3O2S. The maximum absolute atomic E-state index is 9.02. The molecule has 0 radical (unpaired) electrons. The van der Waals surface area contributed by atoms with Gasteiger partial charge in [0.2, 0.25) is 5.13 Å². The first-order valence-electron chi connectivity index (χ1n) is 4.68. The van der Waals surface area contributed by atoms with Crippen molar-refractivity contribution in [1.29, 1.82) is 0 Å². The lowest BCUT2D eigenvalue weighted by Crippen LogP contribution is -2.29. The second kappa shape index (κ2) is 4.61. The standard InChI is InChI=1S/C9H10BN3O2S/c1-6-12-13-9(16-6)11-8-4-2-3-7(5-8)10(14)15/h2-5,14-15H,1H3,(H,11,13). The largest absolute Gasteiger partial charge is 0.488 e. The van der Waals surface area contributed by atoms with Crippen LogP contribution in [0.5, 0.6) is 0 Å². The highest BCUT2D eigenvalue weighted by atomic mass is 32.1. The molecule has 7 heteroatoms. The van der Waals surface area contributed by atoms with Crippen LogP contribution in [-0.2, 0) is 0 Å². The van der Waals surface area contributed by atoms with Crippen LogP contribution in [0, 0.1) is 6.92 Å². The Morgan fingerprint density at radius 3 is 2.75 bits per heavy atom. The van der Waals surface area contributed by atoms with Gasteiger partial charge in [-0.3, -0.25) is 0 Å². The van der Waals surface area contributed by atoms with Gasteiger partial charge in [-0.05, 0) is 24.5 Å². The topological polar surface area (TPSA) is 78.3 Å². The molecule has 0 aliphatic heterocycles. The molecule has 0 saturated carbocycles. The maximum atomic E-state index is 9.02. The molecule has 1 aromatic heterocycles. The third kappa shape index (κ3) is 2.57. The van der Waals surface area contributed by atoms with Gasteiger partial charge in [-0.2, -0.15) is 0 Å². The number of benzene rings is 1. The summed E-state index contributed by atoms with van der Waals surface area (Å²) in [6, 6.07) is 6.86. The Morgan fingerprint density at radius 2 is 2.12 bits per heavy atom. The number of anilines is 2. The Morgan fingerprint density at radius 1 is 1.31 bits per heavy atom. The minimum Gasteiger partial charge on any atom is -0.423 e. The quantitative estimate of drug-likeness (QED) is 0.665. The molecule has 0 aliphatic carbocycles. The number of nitrogens with one attached hydrogen (secondary N) is 1. The Bertz CT molecular complexity index is 489. The molecule has 0 aliphatic rings. The number of rotatable bonds is 3. The van der Waals surface area contributed by atoms with Gasteiger partial charge in [-0.25, -0.2) is 0 Å². The average molecular weight is 235 g/mol. The predicted molar refractivity (Wildman–Crippen MR) is 64.2 cm³/mol. The van der Waals surface area contributed by atoms with Crippen LogP contribution >= 0.6 is 11.3 Å². The van der Waals surface area contributed by atoms with Crippen molar-refractivity contribution in [1.82, 2.24) is 10.2 Å². The van der Waals surface area contributed by atoms with E-state index >= 15 is 0 Å². The van der Waals surface area contributed by atoms with Crippen LogP contribution in [0.1, 0.15) is 5.01 Å². The van der Waals surface area contributed by atoms with E-state index in [9.17, 15) is 0 Å². The van der Waals surface area contributed by atoms with Crippen LogP contribution in [-0.4, -0.2) is 27.4 Å². The normalized spacial score (nSPS) is 10.2. The number of aryl methyl sites for hydroxylation is 1. The molecule has 16 heavy (non-hydrogen) atoms. The van der Waals surface area contributed by atoms with Gasteiger partial charge in [-0.1, -0.05) is 23.5 Å². The molecule has 0 amide bonds. The molecule has 5 nitrogen and oxygen atoms in total. The number of hydrogen-bond acceptors (Lipinski definition) is 6. The summed E-state index contributed by atoms with van der Waals surface area (Å²) in [7, 11) is -1.46. The molecule has 0 atom stereocenters. The van der Waals surface area contributed by atoms with Gasteiger partial charge in [0, 0.05) is 5.69 Å². The summed E-state index contributed by atoms with van der Waals surface area (Å²) in [4.78, 5) is 0. The molecule has 0 spiro atoms. The van der Waals surface area contributed by atoms with Crippen molar-refractivity contribution < 1.29 is 10.0 Å². The molecule has 0 fully saturated rings. The third-order valence-electron chi connectivity index (χ3n) is 1.96. The van der Waals surface area contributed by atoms with Gasteiger partial charge in [0.1, 0.15) is 5.01 Å². The first-order valence-corrected chi connectivity index (χ1v) is 5.50. The Labute approximate surface area is 96.9 Å². The lowest BCUT2D eigenvalue weighted by atomic mass is 9.80. The van der Waals surface area contributed by atoms with Crippen LogP contribution in [0.4, 0.5) is 10.8 Å². The van der Waals surface area contributed by atoms with Crippen molar-refractivity contribution in [3.63, 3.8) is 0 Å². The minimum atomic E-state index is -1.46. The van der Waals surface area contributed by atoms with E-state index in [4.69, 9.17) is 10.0 Å². The molecule has 1 aromatic carbocycles. The van der Waals surface area contributed by atoms with E-state index in [1.165, 1.54) is 11.3 Å². The average Bonchev–Trinajstić information content (AvgIpc) is 2.64. The van der Waals surface area contributed by atoms with Gasteiger partial charge in [0.15, 0.2) is 0 Å². The first-order chi connectivity index (χ1) is 7.65. The van der Waals surface area contributed by atoms with E-state index < -0.39 is 7.12 Å². The zero-order valence-corrected chi connectivity index (χ0v) is 9.40. The van der Waals surface area contributed by atoms with Crippen molar-refractivity contribution in [3.05, 3.63) is 29.3 Å². The van der Waals surface area contributed by atoms with Crippen molar-refractivity contribution in [2.45, 2.75) is 6.92 Å². The van der Waals surface area contributed by atoms with Crippen molar-refractivity contribution in [2.24, 2.45) is 0 Å². The molecule has 0 saturated heterocycles. The van der Waals surface area contributed by atoms with E-state index in [1.54, 1.807) is 18.2 Å². The minimum absolute atomic E-state index is 0.436. The fourth-order valence-corrected chi connectivity index (χ4v) is 1.86. The van der Waals surface area contributed by atoms with E-state index in [1.807, 2.05) is 13.0 Å². The summed E-state index contributed by atoms with van der Waals surface area (Å²) in [5.74, 6) is 0. The number of hydrogen-bond donors (Lipinski definition) is 3. The Balaban J connectivity index is 2.18. The molecule has 2 rings (SSSR count). The van der Waals surface area contributed by atoms with Crippen LogP contribution in [0.2, 0.25) is 0 Å². The summed E-state index contributed by atoms with van der Waals surface area (Å²) in [5, 5.41) is 30.4. The van der Waals surface area contributed by atoms with Crippen LogP contribution < -0.4 is 10.8 Å². The zero-order chi connectivity index (χ0) is 11.5. The van der Waals surface area contributed by atoms with Crippen molar-refractivity contribution in [2.75, 3.05) is 5.32 Å². The van der Waals surface area contributed by atoms with Gasteiger partial charge >= 0.3 is 7.12 Å². The van der Waals surface area contributed by atoms with E-state index in [0.29, 0.717) is 10.6 Å². The maximum Gasteiger partial charge on any atom is 0.488 e. The summed E-state index contributed by atoms with van der Waals surface area (Å²) < 4.78 is 0. The molecule has 3 N–H and O–H groups in total. The van der Waals surface area contributed by atoms with E-state index in [-0.39, 0.29) is 0 Å². The highest BCUT2D eigenvalue weighted by Crippen LogP contribution is 2.18. The van der Waals surface area contributed by atoms with E-state index in [2.05, 4.69) is 15.5 Å². The monoisotopic (exact) mass is 235 g/mol. The van der Waals surface area contributed by atoms with Gasteiger partial charge in [0.05, 0.1) is 0 Å². The molecule has 2 aromatic rings. The Hall–Kier alpha value is -1.44. The molecule has 1 heterocycles. The third-order valence-corrected chi connectivity index (χ3v) is 2.72. The summed E-state index contributed by atoms with van der Waals surface area (Å²) in [6.07, 6.45) is 0. The SMILES string of the molecule is Cc1nnc(Nc2cccc(B(O)O)c2)s1. The fourth-order valence-electron chi connectivity index (χ4n) is 1.25. The van der Waals surface area contributed by atoms with Crippen LogP contribution in [0.25, 0.3) is 0 Å². The summed E-state index contributed by atoms with van der Waals surface area (Å²) >= 11 is 1.44.